The van der Waals surface area contributed by atoms with Crippen LogP contribution in [0.15, 0.2) is 0 Å². The number of nitrogens with zero attached hydrogens (tertiary/aromatic N) is 1. The lowest BCUT2D eigenvalue weighted by Gasteiger charge is -2.36. The number of nitrogens with one attached hydrogen (secondary N) is 1. The highest BCUT2D eigenvalue weighted by atomic mass is 15.2. The molecule has 0 bridgehead atoms. The van der Waals surface area contributed by atoms with Gasteiger partial charge in [-0.05, 0) is 19.9 Å². The van der Waals surface area contributed by atoms with Crippen LogP contribution in [0.25, 0.3) is 0 Å². The molecule has 3 nitrogen and oxygen atoms in total. The number of nitrogens with two attached hydrogens (primary N) is 1. The molecule has 2 aliphatic rings. The molecule has 0 aromatic carbocycles. The molecule has 1 aliphatic carbocycles. The largest absolute Gasteiger partial charge is 0.333 e. The Hall–Kier alpha value is -0.120. The minimum atomic E-state index is 0.931. The van der Waals surface area contributed by atoms with Gasteiger partial charge in [0.25, 0.3) is 0 Å². The molecule has 1 saturated heterocycles. The summed E-state index contributed by atoms with van der Waals surface area (Å²) in [6.45, 7) is 4.97. The Kier molecular flexibility index (Phi) is 6.15. The summed E-state index contributed by atoms with van der Waals surface area (Å²) in [6.07, 6.45) is 7.33. The van der Waals surface area contributed by atoms with Crippen LogP contribution in [-0.2, 0) is 0 Å². The smallest absolute Gasteiger partial charge is 0.0110 e. The van der Waals surface area contributed by atoms with Gasteiger partial charge in [-0.25, -0.2) is 0 Å². The van der Waals surface area contributed by atoms with Gasteiger partial charge in [0.1, 0.15) is 0 Å². The number of hydrogen-bond donors (Lipinski definition) is 2. The Morgan fingerprint density at radius 1 is 1.00 bits per heavy atom. The molecule has 2 fully saturated rings. The van der Waals surface area contributed by atoms with Gasteiger partial charge >= 0.3 is 0 Å². The Morgan fingerprint density at radius 3 is 2.14 bits per heavy atom. The van der Waals surface area contributed by atoms with Crippen molar-refractivity contribution in [3.8, 4) is 0 Å². The lowest BCUT2D eigenvalue weighted by Crippen LogP contribution is -2.48. The first-order chi connectivity index (χ1) is 6.97. The zero-order chi connectivity index (χ0) is 10.2. The minimum absolute atomic E-state index is 0.931. The number of rotatable bonds is 1. The van der Waals surface area contributed by atoms with E-state index >= 15 is 0 Å². The molecular weight excluding hydrogens is 174 g/mol. The maximum Gasteiger partial charge on any atom is 0.0110 e. The highest BCUT2D eigenvalue weighted by Gasteiger charge is 2.21. The third-order valence-corrected chi connectivity index (χ3v) is 3.24. The molecule has 3 heteroatoms. The second-order valence-electron chi connectivity index (χ2n) is 4.08. The van der Waals surface area contributed by atoms with Crippen LogP contribution in [0.1, 0.15) is 32.1 Å². The van der Waals surface area contributed by atoms with Gasteiger partial charge in [0.05, 0.1) is 0 Å². The van der Waals surface area contributed by atoms with Gasteiger partial charge in [-0.3, -0.25) is 4.90 Å². The van der Waals surface area contributed by atoms with Crippen molar-refractivity contribution in [2.24, 2.45) is 5.73 Å². The van der Waals surface area contributed by atoms with Crippen molar-refractivity contribution < 1.29 is 0 Å². The molecule has 0 radical (unpaired) electrons. The van der Waals surface area contributed by atoms with Crippen LogP contribution in [0, 0.1) is 0 Å². The van der Waals surface area contributed by atoms with Crippen molar-refractivity contribution in [2.45, 2.75) is 38.1 Å². The first-order valence-electron chi connectivity index (χ1n) is 5.99. The summed E-state index contributed by atoms with van der Waals surface area (Å²) in [4.78, 5) is 2.69. The van der Waals surface area contributed by atoms with Crippen LogP contribution < -0.4 is 11.1 Å². The monoisotopic (exact) mass is 199 g/mol. The van der Waals surface area contributed by atoms with Gasteiger partial charge in [0.15, 0.2) is 0 Å². The summed E-state index contributed by atoms with van der Waals surface area (Å²) >= 11 is 0. The summed E-state index contributed by atoms with van der Waals surface area (Å²) in [6, 6.07) is 0.931. The second kappa shape index (κ2) is 7.21. The molecule has 14 heavy (non-hydrogen) atoms. The lowest BCUT2D eigenvalue weighted by atomic mass is 9.94. The predicted molar refractivity (Wildman–Crippen MR) is 61.4 cm³/mol. The van der Waals surface area contributed by atoms with Crippen molar-refractivity contribution >= 4 is 0 Å². The predicted octanol–water partition coefficient (Wildman–Crippen LogP) is 0.799. The van der Waals surface area contributed by atoms with Gasteiger partial charge in [-0.15, -0.1) is 0 Å². The fourth-order valence-corrected chi connectivity index (χ4v) is 2.49. The summed E-state index contributed by atoms with van der Waals surface area (Å²) < 4.78 is 0. The van der Waals surface area contributed by atoms with E-state index in [-0.39, 0.29) is 0 Å². The zero-order valence-electron chi connectivity index (χ0n) is 9.47. The zero-order valence-corrected chi connectivity index (χ0v) is 9.47. The Bertz CT molecular complexity index is 110. The average molecular weight is 199 g/mol. The SMILES string of the molecule is C1CCC(N2CCNCC2)CC1.CN. The van der Waals surface area contributed by atoms with E-state index in [9.17, 15) is 0 Å². The molecule has 1 saturated carbocycles. The van der Waals surface area contributed by atoms with Crippen LogP contribution >= 0.6 is 0 Å². The van der Waals surface area contributed by atoms with Crippen LogP contribution in [0.4, 0.5) is 0 Å². The normalized spacial score (nSPS) is 25.3. The first-order valence-corrected chi connectivity index (χ1v) is 5.99. The molecule has 84 valence electrons. The Morgan fingerprint density at radius 2 is 1.57 bits per heavy atom. The second-order valence-corrected chi connectivity index (χ2v) is 4.08. The van der Waals surface area contributed by atoms with Gasteiger partial charge in [0, 0.05) is 32.2 Å². The summed E-state index contributed by atoms with van der Waals surface area (Å²) in [5.74, 6) is 0. The molecule has 1 heterocycles. The van der Waals surface area contributed by atoms with E-state index < -0.39 is 0 Å². The van der Waals surface area contributed by atoms with Crippen molar-refractivity contribution in [1.82, 2.24) is 10.2 Å². The van der Waals surface area contributed by atoms with E-state index in [1.807, 2.05) is 0 Å². The van der Waals surface area contributed by atoms with E-state index in [2.05, 4.69) is 16.0 Å². The topological polar surface area (TPSA) is 41.3 Å². The Labute approximate surface area is 88.0 Å². The average Bonchev–Trinajstić information content (AvgIpc) is 2.34. The van der Waals surface area contributed by atoms with E-state index in [1.165, 1.54) is 65.3 Å². The molecular formula is C11H25N3. The van der Waals surface area contributed by atoms with E-state index in [1.54, 1.807) is 0 Å². The van der Waals surface area contributed by atoms with Gasteiger partial charge in [-0.2, -0.15) is 0 Å². The molecule has 1 aliphatic heterocycles. The first kappa shape index (κ1) is 12.0. The van der Waals surface area contributed by atoms with E-state index in [0.717, 1.165) is 6.04 Å². The quantitative estimate of drug-likeness (QED) is 0.656. The van der Waals surface area contributed by atoms with Gasteiger partial charge < -0.3 is 11.1 Å². The molecule has 0 spiro atoms. The Balaban J connectivity index is 0.000000461. The van der Waals surface area contributed by atoms with Crippen molar-refractivity contribution in [3.63, 3.8) is 0 Å². The van der Waals surface area contributed by atoms with Crippen molar-refractivity contribution in [2.75, 3.05) is 33.2 Å². The van der Waals surface area contributed by atoms with Crippen molar-refractivity contribution in [1.29, 1.82) is 0 Å². The van der Waals surface area contributed by atoms with Crippen LogP contribution in [0.2, 0.25) is 0 Å². The minimum Gasteiger partial charge on any atom is -0.333 e. The van der Waals surface area contributed by atoms with Crippen LogP contribution in [0.5, 0.6) is 0 Å². The highest BCUT2D eigenvalue weighted by Crippen LogP contribution is 2.22. The lowest BCUT2D eigenvalue weighted by molar-refractivity contribution is 0.139. The standard InChI is InChI=1S/C10H20N2.CH5N/c1-2-4-10(5-3-1)12-8-6-11-7-9-12;1-2/h10-11H,1-9H2;2H2,1H3. The molecule has 3 N–H and O–H groups in total. The third kappa shape index (κ3) is 3.56. The fourth-order valence-electron chi connectivity index (χ4n) is 2.49. The van der Waals surface area contributed by atoms with Crippen LogP contribution in [-0.4, -0.2) is 44.2 Å². The molecule has 0 aromatic rings. The highest BCUT2D eigenvalue weighted by molar-refractivity contribution is 4.79. The fraction of sp³-hybridized carbons (Fsp3) is 1.00. The van der Waals surface area contributed by atoms with Gasteiger partial charge in [0.2, 0.25) is 0 Å². The number of piperazine rings is 1. The number of hydrogen-bond acceptors (Lipinski definition) is 3. The third-order valence-electron chi connectivity index (χ3n) is 3.24. The molecule has 0 aromatic heterocycles. The summed E-state index contributed by atoms with van der Waals surface area (Å²) in [5.41, 5.74) is 4.50. The molecule has 0 unspecified atom stereocenters. The van der Waals surface area contributed by atoms with Crippen LogP contribution in [0.3, 0.4) is 0 Å². The molecule has 0 atom stereocenters. The maximum atomic E-state index is 4.50. The molecule has 0 amide bonds. The molecule has 2 rings (SSSR count). The van der Waals surface area contributed by atoms with E-state index in [4.69, 9.17) is 0 Å². The van der Waals surface area contributed by atoms with Gasteiger partial charge in [-0.1, -0.05) is 19.3 Å². The maximum absolute atomic E-state index is 4.50. The van der Waals surface area contributed by atoms with E-state index in [0.29, 0.717) is 0 Å². The summed E-state index contributed by atoms with van der Waals surface area (Å²) in [5, 5.41) is 3.41. The van der Waals surface area contributed by atoms with Crippen molar-refractivity contribution in [3.05, 3.63) is 0 Å². The summed E-state index contributed by atoms with van der Waals surface area (Å²) in [7, 11) is 1.50.